The molecule has 11 nitrogen and oxygen atoms in total. The monoisotopic (exact) mass is 565 g/mol. The van der Waals surface area contributed by atoms with Gasteiger partial charge in [-0.2, -0.15) is 0 Å². The highest BCUT2D eigenvalue weighted by molar-refractivity contribution is 7.19. The van der Waals surface area contributed by atoms with Gasteiger partial charge in [-0.25, -0.2) is 9.78 Å². The first-order valence-corrected chi connectivity index (χ1v) is 14.0. The molecule has 0 spiro atoms. The van der Waals surface area contributed by atoms with Crippen molar-refractivity contribution in [2.45, 2.75) is 46.1 Å². The van der Waals surface area contributed by atoms with Crippen LogP contribution in [0.1, 0.15) is 54.2 Å². The fourth-order valence-corrected chi connectivity index (χ4v) is 6.10. The van der Waals surface area contributed by atoms with Crippen molar-refractivity contribution in [3.63, 3.8) is 0 Å². The molecule has 1 aliphatic heterocycles. The summed E-state index contributed by atoms with van der Waals surface area (Å²) in [7, 11) is 3.48. The Morgan fingerprint density at radius 3 is 2.25 bits per heavy atom. The van der Waals surface area contributed by atoms with Crippen LogP contribution < -0.4 is 11.2 Å². The number of aromatic nitrogens is 4. The summed E-state index contributed by atoms with van der Waals surface area (Å²) in [5.74, 6) is 0.0478. The van der Waals surface area contributed by atoms with E-state index in [1.807, 2.05) is 35.9 Å². The van der Waals surface area contributed by atoms with Crippen LogP contribution in [0.5, 0.6) is 0 Å². The number of amides is 1. The first-order chi connectivity index (χ1) is 19.1. The Morgan fingerprint density at radius 2 is 1.70 bits per heavy atom. The van der Waals surface area contributed by atoms with Crippen molar-refractivity contribution in [2.75, 3.05) is 13.1 Å². The molecule has 1 aliphatic carbocycles. The molecular weight excluding hydrogens is 534 g/mol. The fourth-order valence-electron chi connectivity index (χ4n) is 4.82. The largest absolute Gasteiger partial charge is 0.394 e. The van der Waals surface area contributed by atoms with Gasteiger partial charge in [-0.05, 0) is 37.3 Å². The Morgan fingerprint density at radius 1 is 1.02 bits per heavy atom. The molecule has 4 heterocycles. The summed E-state index contributed by atoms with van der Waals surface area (Å²) < 4.78 is 8.88. The van der Waals surface area contributed by atoms with Crippen molar-refractivity contribution in [3.05, 3.63) is 61.4 Å². The van der Waals surface area contributed by atoms with Crippen molar-refractivity contribution >= 4 is 50.4 Å². The predicted octanol–water partition coefficient (Wildman–Crippen LogP) is 2.59. The van der Waals surface area contributed by atoms with Gasteiger partial charge in [0.05, 0.1) is 22.0 Å². The molecule has 0 radical (unpaired) electrons. The maximum atomic E-state index is 13.5. The average Bonchev–Trinajstić information content (AvgIpc) is 3.53. The van der Waals surface area contributed by atoms with Gasteiger partial charge in [0.2, 0.25) is 0 Å². The predicted molar refractivity (Wildman–Crippen MR) is 151 cm³/mol. The lowest BCUT2D eigenvalue weighted by molar-refractivity contribution is -0.156. The number of aryl methyl sites for hydroxylation is 1. The van der Waals surface area contributed by atoms with E-state index in [-0.39, 0.29) is 11.6 Å². The molecule has 12 heteroatoms. The van der Waals surface area contributed by atoms with Gasteiger partial charge in [0.25, 0.3) is 11.5 Å². The number of benzene rings is 1. The molecule has 0 bridgehead atoms. The highest BCUT2D eigenvalue weighted by Gasteiger charge is 2.32. The molecule has 2 fully saturated rings. The lowest BCUT2D eigenvalue weighted by Crippen LogP contribution is -2.43. The molecule has 6 rings (SSSR count). The standard InChI is InChI=1S/C24H25N5O3S.C4H6O3/c1-26-16-7-4-3-6-15(16)25-18(26)12-17-19(22(31)28-10-5-11-28)20-21(30)27(2)24(32)29(23(20)33-17)13-14-8-9-14;1-3(5)7-4(2)6/h3-4,6-7,14H,5,8-13H2,1-2H3;1-2H3. The van der Waals surface area contributed by atoms with E-state index in [2.05, 4.69) is 4.74 Å². The van der Waals surface area contributed by atoms with Crippen molar-refractivity contribution in [3.8, 4) is 0 Å². The Labute approximate surface area is 233 Å². The average molecular weight is 566 g/mol. The van der Waals surface area contributed by atoms with Crippen LogP contribution in [0, 0.1) is 5.92 Å². The number of thiophene rings is 1. The van der Waals surface area contributed by atoms with Gasteiger partial charge in [-0.1, -0.05) is 12.1 Å². The van der Waals surface area contributed by atoms with Crippen LogP contribution >= 0.6 is 11.3 Å². The molecule has 210 valence electrons. The molecule has 1 saturated carbocycles. The molecule has 0 atom stereocenters. The molecule has 2 aliphatic rings. The summed E-state index contributed by atoms with van der Waals surface area (Å²) >= 11 is 1.40. The smallest absolute Gasteiger partial charge is 0.331 e. The van der Waals surface area contributed by atoms with Gasteiger partial charge in [-0.3, -0.25) is 28.3 Å². The number of rotatable bonds is 5. The highest BCUT2D eigenvalue weighted by Crippen LogP contribution is 2.35. The van der Waals surface area contributed by atoms with E-state index < -0.39 is 17.5 Å². The summed E-state index contributed by atoms with van der Waals surface area (Å²) in [6.07, 6.45) is 3.58. The molecule has 1 aromatic carbocycles. The summed E-state index contributed by atoms with van der Waals surface area (Å²) in [5, 5.41) is 0.383. The lowest BCUT2D eigenvalue weighted by Gasteiger charge is -2.31. The highest BCUT2D eigenvalue weighted by atomic mass is 32.1. The molecule has 40 heavy (non-hydrogen) atoms. The number of hydrogen-bond acceptors (Lipinski definition) is 8. The number of fused-ring (bicyclic) bond motifs is 2. The molecule has 3 aromatic heterocycles. The van der Waals surface area contributed by atoms with Gasteiger partial charge >= 0.3 is 17.6 Å². The summed E-state index contributed by atoms with van der Waals surface area (Å²) in [5.41, 5.74) is 1.67. The minimum Gasteiger partial charge on any atom is -0.394 e. The maximum absolute atomic E-state index is 13.5. The molecule has 0 unspecified atom stereocenters. The van der Waals surface area contributed by atoms with Crippen molar-refractivity contribution in [2.24, 2.45) is 20.0 Å². The van der Waals surface area contributed by atoms with Crippen molar-refractivity contribution in [1.29, 1.82) is 0 Å². The fraction of sp³-hybridized carbons (Fsp3) is 0.429. The third-order valence-corrected chi connectivity index (χ3v) is 8.44. The molecule has 1 amide bonds. The van der Waals surface area contributed by atoms with E-state index in [1.165, 1.54) is 32.2 Å². The first-order valence-electron chi connectivity index (χ1n) is 13.2. The molecule has 4 aromatic rings. The van der Waals surface area contributed by atoms with Gasteiger partial charge in [0.1, 0.15) is 10.7 Å². The van der Waals surface area contributed by atoms with Crippen LogP contribution in [-0.4, -0.2) is 54.5 Å². The van der Waals surface area contributed by atoms with Crippen LogP contribution in [0.4, 0.5) is 0 Å². The third kappa shape index (κ3) is 5.23. The minimum atomic E-state index is -0.562. The number of carbonyl (C=O) groups excluding carboxylic acids is 3. The number of nitrogens with zero attached hydrogens (tertiary/aromatic N) is 5. The summed E-state index contributed by atoms with van der Waals surface area (Å²) in [6, 6.07) is 7.93. The summed E-state index contributed by atoms with van der Waals surface area (Å²) in [6.45, 7) is 4.35. The Kier molecular flexibility index (Phi) is 7.45. The number of ether oxygens (including phenoxy) is 1. The zero-order valence-corrected chi connectivity index (χ0v) is 23.7. The van der Waals surface area contributed by atoms with Crippen LogP contribution in [0.25, 0.3) is 21.3 Å². The van der Waals surface area contributed by atoms with E-state index in [9.17, 15) is 24.0 Å². The van der Waals surface area contributed by atoms with Gasteiger partial charge in [-0.15, -0.1) is 11.3 Å². The third-order valence-electron chi connectivity index (χ3n) is 7.22. The van der Waals surface area contributed by atoms with E-state index in [1.54, 1.807) is 9.47 Å². The summed E-state index contributed by atoms with van der Waals surface area (Å²) in [4.78, 5) is 67.5. The van der Waals surface area contributed by atoms with Crippen LogP contribution in [0.2, 0.25) is 0 Å². The Balaban J connectivity index is 0.000000411. The molecule has 1 saturated heterocycles. The maximum Gasteiger partial charge on any atom is 0.331 e. The topological polar surface area (TPSA) is 126 Å². The number of likely N-dealkylation sites (tertiary alicyclic amines) is 1. The Hall–Kier alpha value is -4.06. The number of carbonyl (C=O) groups is 3. The molecule has 0 N–H and O–H groups in total. The first kappa shape index (κ1) is 27.5. The second-order valence-electron chi connectivity index (χ2n) is 10.3. The number of para-hydroxylation sites is 2. The quantitative estimate of drug-likeness (QED) is 0.269. The van der Waals surface area contributed by atoms with E-state index in [0.717, 1.165) is 45.6 Å². The zero-order chi connectivity index (χ0) is 28.7. The second kappa shape index (κ2) is 10.8. The SMILES string of the molecule is CC(=O)OC(C)=O.Cn1c(=O)c2c(C(=O)N3CCC3)c(Cc3nc4ccccc4n3C)sc2n(CC2CC2)c1=O. The Bertz CT molecular complexity index is 1760. The zero-order valence-electron chi connectivity index (χ0n) is 22.9. The van der Waals surface area contributed by atoms with E-state index in [0.29, 0.717) is 47.8 Å². The second-order valence-corrected chi connectivity index (χ2v) is 11.3. The lowest BCUT2D eigenvalue weighted by atomic mass is 10.1. The van der Waals surface area contributed by atoms with Crippen molar-refractivity contribution in [1.82, 2.24) is 23.6 Å². The number of imidazole rings is 1. The van der Waals surface area contributed by atoms with E-state index >= 15 is 0 Å². The van der Waals surface area contributed by atoms with Crippen LogP contribution in [0.3, 0.4) is 0 Å². The number of hydrogen-bond donors (Lipinski definition) is 0. The van der Waals surface area contributed by atoms with Crippen LogP contribution in [0.15, 0.2) is 33.9 Å². The minimum absolute atomic E-state index is 0.116. The molecular formula is C28H31N5O6S. The van der Waals surface area contributed by atoms with Gasteiger partial charge < -0.3 is 14.2 Å². The number of esters is 2. The van der Waals surface area contributed by atoms with Gasteiger partial charge in [0.15, 0.2) is 0 Å². The van der Waals surface area contributed by atoms with Crippen LogP contribution in [-0.2, 0) is 41.4 Å². The van der Waals surface area contributed by atoms with E-state index in [4.69, 9.17) is 4.98 Å². The van der Waals surface area contributed by atoms with Crippen molar-refractivity contribution < 1.29 is 19.1 Å². The van der Waals surface area contributed by atoms with Gasteiger partial charge in [0, 0.05) is 58.9 Å². The normalized spacial score (nSPS) is 14.6.